The number of esters is 2. The van der Waals surface area contributed by atoms with Crippen LogP contribution < -0.4 is 15.2 Å². The van der Waals surface area contributed by atoms with E-state index in [9.17, 15) is 24.3 Å². The highest BCUT2D eigenvalue weighted by Crippen LogP contribution is 2.36. The SMILES string of the molecule is CCCC(C)C(=O)Oc1ccc(C(CC(C)OC(=O)OC2CCCCC2)[C@H](N)C(=O)O)cc1OC(=O)C(C)CCC. The van der Waals surface area contributed by atoms with Crippen molar-refractivity contribution in [1.82, 2.24) is 0 Å². The Labute approximate surface area is 243 Å². The molecule has 0 aromatic heterocycles. The Hall–Kier alpha value is -3.14. The molecule has 4 unspecified atom stereocenters. The molecule has 2 rings (SSSR count). The number of rotatable bonds is 15. The average Bonchev–Trinajstić information content (AvgIpc) is 2.92. The van der Waals surface area contributed by atoms with Gasteiger partial charge in [0.2, 0.25) is 0 Å². The number of ether oxygens (including phenoxy) is 4. The van der Waals surface area contributed by atoms with Gasteiger partial charge in [-0.1, -0.05) is 53.0 Å². The maximum absolute atomic E-state index is 12.8. The molecule has 0 bridgehead atoms. The van der Waals surface area contributed by atoms with Gasteiger partial charge < -0.3 is 29.8 Å². The second-order valence-corrected chi connectivity index (χ2v) is 11.2. The lowest BCUT2D eigenvalue weighted by molar-refractivity contribution is -0.141. The van der Waals surface area contributed by atoms with Crippen molar-refractivity contribution in [1.29, 1.82) is 0 Å². The molecule has 3 N–H and O–H groups in total. The van der Waals surface area contributed by atoms with E-state index in [0.717, 1.165) is 44.9 Å². The zero-order valence-corrected chi connectivity index (χ0v) is 25.1. The first kappa shape index (κ1) is 34.1. The van der Waals surface area contributed by atoms with E-state index in [2.05, 4.69) is 0 Å². The molecule has 5 atom stereocenters. The van der Waals surface area contributed by atoms with Gasteiger partial charge in [-0.25, -0.2) is 4.79 Å². The summed E-state index contributed by atoms with van der Waals surface area (Å²) >= 11 is 0. The molecule has 1 aliphatic carbocycles. The van der Waals surface area contributed by atoms with E-state index in [4.69, 9.17) is 24.7 Å². The van der Waals surface area contributed by atoms with Crippen LogP contribution >= 0.6 is 0 Å². The molecule has 41 heavy (non-hydrogen) atoms. The van der Waals surface area contributed by atoms with Gasteiger partial charge >= 0.3 is 24.1 Å². The van der Waals surface area contributed by atoms with Gasteiger partial charge in [-0.15, -0.1) is 0 Å². The van der Waals surface area contributed by atoms with Crippen molar-refractivity contribution >= 4 is 24.1 Å². The van der Waals surface area contributed by atoms with E-state index in [1.54, 1.807) is 26.8 Å². The zero-order chi connectivity index (χ0) is 30.5. The Morgan fingerprint density at radius 1 is 0.902 bits per heavy atom. The minimum Gasteiger partial charge on any atom is -0.480 e. The monoisotopic (exact) mass is 577 g/mol. The van der Waals surface area contributed by atoms with Gasteiger partial charge in [-0.3, -0.25) is 14.4 Å². The van der Waals surface area contributed by atoms with Crippen LogP contribution in [0.3, 0.4) is 0 Å². The Balaban J connectivity index is 2.31. The largest absolute Gasteiger partial charge is 0.508 e. The molecule has 0 amide bonds. The molecule has 10 heteroatoms. The molecule has 1 fully saturated rings. The van der Waals surface area contributed by atoms with E-state index in [0.29, 0.717) is 18.4 Å². The Morgan fingerprint density at radius 3 is 2.00 bits per heavy atom. The van der Waals surface area contributed by atoms with Crippen LogP contribution in [0, 0.1) is 11.8 Å². The zero-order valence-electron chi connectivity index (χ0n) is 25.1. The Bertz CT molecular complexity index is 1020. The molecule has 1 saturated carbocycles. The average molecular weight is 578 g/mol. The summed E-state index contributed by atoms with van der Waals surface area (Å²) in [7, 11) is 0. The van der Waals surface area contributed by atoms with Crippen LogP contribution in [0.15, 0.2) is 18.2 Å². The van der Waals surface area contributed by atoms with Crippen LogP contribution in [0.2, 0.25) is 0 Å². The number of hydrogen-bond acceptors (Lipinski definition) is 9. The number of benzene rings is 1. The normalized spacial score (nSPS) is 17.4. The summed E-state index contributed by atoms with van der Waals surface area (Å²) in [5.41, 5.74) is 6.52. The molecular weight excluding hydrogens is 530 g/mol. The Kier molecular flexibility index (Phi) is 14.1. The molecular formula is C31H47NO9. The molecule has 0 spiro atoms. The van der Waals surface area contributed by atoms with Crippen LogP contribution in [0.25, 0.3) is 0 Å². The number of carbonyl (C=O) groups is 4. The minimum absolute atomic E-state index is 0.000343. The molecule has 1 aromatic carbocycles. The van der Waals surface area contributed by atoms with Crippen molar-refractivity contribution in [2.45, 2.75) is 123 Å². The molecule has 1 aromatic rings. The van der Waals surface area contributed by atoms with E-state index in [1.807, 2.05) is 13.8 Å². The molecule has 1 aliphatic rings. The quantitative estimate of drug-likeness (QED) is 0.184. The second kappa shape index (κ2) is 17.0. The van der Waals surface area contributed by atoms with Gasteiger partial charge in [-0.2, -0.15) is 0 Å². The third kappa shape index (κ3) is 11.0. The van der Waals surface area contributed by atoms with Gasteiger partial charge in [0.25, 0.3) is 0 Å². The lowest BCUT2D eigenvalue weighted by Crippen LogP contribution is -2.38. The fraction of sp³-hybridized carbons (Fsp3) is 0.677. The summed E-state index contributed by atoms with van der Waals surface area (Å²) in [5, 5.41) is 9.74. The van der Waals surface area contributed by atoms with Gasteiger partial charge in [0.05, 0.1) is 11.8 Å². The van der Waals surface area contributed by atoms with Crippen LogP contribution in [-0.2, 0) is 23.9 Å². The van der Waals surface area contributed by atoms with Gasteiger partial charge in [0.15, 0.2) is 11.5 Å². The highest BCUT2D eigenvalue weighted by molar-refractivity contribution is 5.79. The van der Waals surface area contributed by atoms with Crippen LogP contribution in [0.5, 0.6) is 11.5 Å². The first-order valence-electron chi connectivity index (χ1n) is 14.9. The number of carboxylic acids is 1. The summed E-state index contributed by atoms with van der Waals surface area (Å²) in [5.74, 6) is -3.72. The molecule has 0 saturated heterocycles. The third-order valence-electron chi connectivity index (χ3n) is 7.48. The highest BCUT2D eigenvalue weighted by atomic mass is 16.7. The predicted octanol–water partition coefficient (Wildman–Crippen LogP) is 6.13. The fourth-order valence-corrected chi connectivity index (χ4v) is 5.02. The number of carboxylic acid groups (broad SMARTS) is 1. The molecule has 0 heterocycles. The van der Waals surface area contributed by atoms with Crippen molar-refractivity contribution in [3.05, 3.63) is 23.8 Å². The fourth-order valence-electron chi connectivity index (χ4n) is 5.02. The van der Waals surface area contributed by atoms with Crippen molar-refractivity contribution in [3.8, 4) is 11.5 Å². The number of hydrogen-bond donors (Lipinski definition) is 2. The summed E-state index contributed by atoms with van der Waals surface area (Å²) < 4.78 is 22.2. The number of nitrogens with two attached hydrogens (primary N) is 1. The minimum atomic E-state index is -1.35. The van der Waals surface area contributed by atoms with Crippen LogP contribution in [0.1, 0.15) is 110 Å². The van der Waals surface area contributed by atoms with Crippen molar-refractivity contribution in [3.63, 3.8) is 0 Å². The van der Waals surface area contributed by atoms with Gasteiger partial charge in [-0.05, 0) is 69.6 Å². The van der Waals surface area contributed by atoms with E-state index < -0.39 is 48.0 Å². The van der Waals surface area contributed by atoms with Crippen LogP contribution in [0.4, 0.5) is 4.79 Å². The Morgan fingerprint density at radius 2 is 1.46 bits per heavy atom. The lowest BCUT2D eigenvalue weighted by Gasteiger charge is -2.26. The van der Waals surface area contributed by atoms with Crippen molar-refractivity contribution in [2.75, 3.05) is 0 Å². The van der Waals surface area contributed by atoms with E-state index in [1.165, 1.54) is 12.1 Å². The first-order valence-corrected chi connectivity index (χ1v) is 14.9. The standard InChI is InChI=1S/C31H47NO9/c1-6-11-19(3)29(35)40-25-16-15-22(18-26(25)41-30(36)20(4)12-7-2)24(27(32)28(33)34)17-21(5)38-31(37)39-23-13-9-8-10-14-23/h15-16,18-21,23-24,27H,6-14,17,32H2,1-5H3,(H,33,34)/t19?,20?,21?,24?,27-/m0/s1. The summed E-state index contributed by atoms with van der Waals surface area (Å²) in [6.45, 7) is 9.07. The smallest absolute Gasteiger partial charge is 0.480 e. The lowest BCUT2D eigenvalue weighted by atomic mass is 9.87. The van der Waals surface area contributed by atoms with Crippen molar-refractivity contribution in [2.24, 2.45) is 17.6 Å². The molecule has 0 radical (unpaired) electrons. The summed E-state index contributed by atoms with van der Waals surface area (Å²) in [6, 6.07) is 3.18. The molecule has 0 aliphatic heterocycles. The third-order valence-corrected chi connectivity index (χ3v) is 7.48. The number of carbonyl (C=O) groups excluding carboxylic acids is 3. The highest BCUT2D eigenvalue weighted by Gasteiger charge is 2.31. The van der Waals surface area contributed by atoms with Crippen molar-refractivity contribution < 1.29 is 43.2 Å². The van der Waals surface area contributed by atoms with Gasteiger partial charge in [0, 0.05) is 5.92 Å². The molecule has 10 nitrogen and oxygen atoms in total. The topological polar surface area (TPSA) is 151 Å². The summed E-state index contributed by atoms with van der Waals surface area (Å²) in [6.07, 6.45) is 5.90. The maximum Gasteiger partial charge on any atom is 0.508 e. The van der Waals surface area contributed by atoms with Gasteiger partial charge in [0.1, 0.15) is 18.2 Å². The number of aliphatic carboxylic acids is 1. The van der Waals surface area contributed by atoms with Crippen LogP contribution in [-0.4, -0.2) is 47.4 Å². The summed E-state index contributed by atoms with van der Waals surface area (Å²) in [4.78, 5) is 49.8. The maximum atomic E-state index is 12.8. The first-order chi connectivity index (χ1) is 19.5. The predicted molar refractivity (Wildman–Crippen MR) is 153 cm³/mol. The molecule has 230 valence electrons. The second-order valence-electron chi connectivity index (χ2n) is 11.2. The van der Waals surface area contributed by atoms with E-state index in [-0.39, 0.29) is 29.9 Å². The van der Waals surface area contributed by atoms with E-state index >= 15 is 0 Å².